The van der Waals surface area contributed by atoms with Crippen LogP contribution in [0.25, 0.3) is 0 Å². The summed E-state index contributed by atoms with van der Waals surface area (Å²) in [7, 11) is -1.92. The molecule has 0 aliphatic heterocycles. The summed E-state index contributed by atoms with van der Waals surface area (Å²) in [6.07, 6.45) is 2.89. The zero-order valence-corrected chi connectivity index (χ0v) is 12.3. The minimum Gasteiger partial charge on any atom is -0.392 e. The van der Waals surface area contributed by atoms with Gasteiger partial charge in [-0.3, -0.25) is 0 Å². The van der Waals surface area contributed by atoms with E-state index >= 15 is 0 Å². The summed E-state index contributed by atoms with van der Waals surface area (Å²) >= 11 is 0. The van der Waals surface area contributed by atoms with Crippen LogP contribution in [0.1, 0.15) is 54.4 Å². The van der Waals surface area contributed by atoms with Crippen LogP contribution in [-0.2, 0) is 8.85 Å². The molecular weight excluding hydrogens is 204 g/mol. The monoisotopic (exact) mass is 232 g/mol. The molecule has 0 amide bonds. The van der Waals surface area contributed by atoms with Crippen LogP contribution >= 0.6 is 0 Å². The van der Waals surface area contributed by atoms with E-state index in [4.69, 9.17) is 8.85 Å². The lowest BCUT2D eigenvalue weighted by Gasteiger charge is -2.34. The van der Waals surface area contributed by atoms with Gasteiger partial charge in [0, 0.05) is 12.2 Å². The molecule has 0 aromatic carbocycles. The molecule has 92 valence electrons. The highest BCUT2D eigenvalue weighted by molar-refractivity contribution is 6.67. The maximum atomic E-state index is 6.15. The fourth-order valence-electron chi connectivity index (χ4n) is 2.01. The molecule has 0 saturated heterocycles. The van der Waals surface area contributed by atoms with Crippen molar-refractivity contribution in [2.45, 2.75) is 78.7 Å². The smallest absolute Gasteiger partial charge is 0.338 e. The molecule has 3 heteroatoms. The van der Waals surface area contributed by atoms with E-state index in [1.54, 1.807) is 0 Å². The maximum absolute atomic E-state index is 6.15. The molecule has 0 N–H and O–H groups in total. The molecule has 0 rings (SSSR count). The van der Waals surface area contributed by atoms with Crippen LogP contribution in [0.2, 0.25) is 12.1 Å². The quantitative estimate of drug-likeness (QED) is 0.587. The minimum absolute atomic E-state index is 0.286. The standard InChI is InChI=1S/C12H28O2Si/c1-7-9-15(10-8-2,13-11(3)4)14-12(5)6/h11-12H,7-10H2,1-6H3. The van der Waals surface area contributed by atoms with Gasteiger partial charge >= 0.3 is 8.56 Å². The maximum Gasteiger partial charge on any atom is 0.338 e. The Morgan fingerprint density at radius 2 is 1.13 bits per heavy atom. The number of hydrogen-bond acceptors (Lipinski definition) is 2. The second-order valence-corrected chi connectivity index (χ2v) is 8.04. The van der Waals surface area contributed by atoms with E-state index in [0.29, 0.717) is 0 Å². The van der Waals surface area contributed by atoms with Gasteiger partial charge < -0.3 is 8.85 Å². The Morgan fingerprint density at radius 3 is 1.33 bits per heavy atom. The summed E-state index contributed by atoms with van der Waals surface area (Å²) < 4.78 is 12.3. The number of hydrogen-bond donors (Lipinski definition) is 0. The topological polar surface area (TPSA) is 18.5 Å². The minimum atomic E-state index is -1.92. The predicted octanol–water partition coefficient (Wildman–Crippen LogP) is 4.10. The SMILES string of the molecule is CCC[Si](CCC)(OC(C)C)OC(C)C. The van der Waals surface area contributed by atoms with Gasteiger partial charge in [0.15, 0.2) is 0 Å². The fourth-order valence-corrected chi connectivity index (χ4v) is 6.03. The average molecular weight is 232 g/mol. The molecular formula is C12H28O2Si. The van der Waals surface area contributed by atoms with Crippen LogP contribution in [0, 0.1) is 0 Å². The molecule has 0 heterocycles. The van der Waals surface area contributed by atoms with Gasteiger partial charge in [0.1, 0.15) is 0 Å². The summed E-state index contributed by atoms with van der Waals surface area (Å²) in [6.45, 7) is 12.9. The van der Waals surface area contributed by atoms with Crippen molar-refractivity contribution in [3.8, 4) is 0 Å². The molecule has 0 aromatic heterocycles. The van der Waals surface area contributed by atoms with E-state index in [9.17, 15) is 0 Å². The van der Waals surface area contributed by atoms with Crippen molar-refractivity contribution in [3.63, 3.8) is 0 Å². The van der Waals surface area contributed by atoms with Crippen molar-refractivity contribution >= 4 is 8.56 Å². The summed E-state index contributed by atoms with van der Waals surface area (Å²) in [5.74, 6) is 0. The van der Waals surface area contributed by atoms with Gasteiger partial charge in [0.25, 0.3) is 0 Å². The molecule has 0 saturated carbocycles. The third-order valence-corrected chi connectivity index (χ3v) is 6.49. The van der Waals surface area contributed by atoms with E-state index in [1.165, 1.54) is 0 Å². The first-order valence-electron chi connectivity index (χ1n) is 6.31. The highest BCUT2D eigenvalue weighted by Crippen LogP contribution is 2.25. The Bertz CT molecular complexity index is 140. The van der Waals surface area contributed by atoms with Gasteiger partial charge in [-0.15, -0.1) is 0 Å². The van der Waals surface area contributed by atoms with Gasteiger partial charge in [0.05, 0.1) is 0 Å². The Kier molecular flexibility index (Phi) is 7.48. The highest BCUT2D eigenvalue weighted by Gasteiger charge is 2.37. The zero-order valence-electron chi connectivity index (χ0n) is 11.3. The molecule has 0 atom stereocenters. The normalized spacial score (nSPS) is 12.8. The van der Waals surface area contributed by atoms with E-state index in [2.05, 4.69) is 41.5 Å². The van der Waals surface area contributed by atoms with Crippen LogP contribution in [0.15, 0.2) is 0 Å². The molecule has 0 unspecified atom stereocenters. The summed E-state index contributed by atoms with van der Waals surface area (Å²) in [6, 6.07) is 2.24. The molecule has 0 aliphatic rings. The first-order chi connectivity index (χ1) is 6.95. The van der Waals surface area contributed by atoms with E-state index in [1.807, 2.05) is 0 Å². The van der Waals surface area contributed by atoms with Crippen molar-refractivity contribution in [1.82, 2.24) is 0 Å². The second kappa shape index (κ2) is 7.42. The van der Waals surface area contributed by atoms with Gasteiger partial charge in [0.2, 0.25) is 0 Å². The van der Waals surface area contributed by atoms with Crippen molar-refractivity contribution in [2.75, 3.05) is 0 Å². The third-order valence-electron chi connectivity index (χ3n) is 2.16. The zero-order chi connectivity index (χ0) is 11.9. The van der Waals surface area contributed by atoms with Crippen LogP contribution in [0.4, 0.5) is 0 Å². The van der Waals surface area contributed by atoms with Gasteiger partial charge in [-0.05, 0) is 39.8 Å². The van der Waals surface area contributed by atoms with Gasteiger partial charge in [-0.2, -0.15) is 0 Å². The fraction of sp³-hybridized carbons (Fsp3) is 1.00. The molecule has 0 aliphatic carbocycles. The van der Waals surface area contributed by atoms with E-state index < -0.39 is 8.56 Å². The van der Waals surface area contributed by atoms with E-state index in [0.717, 1.165) is 24.9 Å². The van der Waals surface area contributed by atoms with Crippen LogP contribution in [0.5, 0.6) is 0 Å². The van der Waals surface area contributed by atoms with Crippen molar-refractivity contribution < 1.29 is 8.85 Å². The molecule has 2 nitrogen and oxygen atoms in total. The number of rotatable bonds is 8. The van der Waals surface area contributed by atoms with Crippen molar-refractivity contribution in [3.05, 3.63) is 0 Å². The van der Waals surface area contributed by atoms with Gasteiger partial charge in [-0.25, -0.2) is 0 Å². The van der Waals surface area contributed by atoms with Crippen LogP contribution in [0.3, 0.4) is 0 Å². The van der Waals surface area contributed by atoms with Crippen molar-refractivity contribution in [1.29, 1.82) is 0 Å². The molecule has 0 spiro atoms. The van der Waals surface area contributed by atoms with E-state index in [-0.39, 0.29) is 12.2 Å². The molecule has 15 heavy (non-hydrogen) atoms. The lowest BCUT2D eigenvalue weighted by atomic mass is 10.5. The lowest BCUT2D eigenvalue weighted by Crippen LogP contribution is -2.45. The lowest BCUT2D eigenvalue weighted by molar-refractivity contribution is 0.104. The van der Waals surface area contributed by atoms with Gasteiger partial charge in [-0.1, -0.05) is 26.7 Å². The average Bonchev–Trinajstić information content (AvgIpc) is 2.01. The molecule has 0 radical (unpaired) electrons. The first kappa shape index (κ1) is 15.1. The molecule has 0 fully saturated rings. The first-order valence-corrected chi connectivity index (χ1v) is 8.54. The predicted molar refractivity (Wildman–Crippen MR) is 68.4 cm³/mol. The third kappa shape index (κ3) is 6.33. The molecule has 0 bridgehead atoms. The summed E-state index contributed by atoms with van der Waals surface area (Å²) in [4.78, 5) is 0. The summed E-state index contributed by atoms with van der Waals surface area (Å²) in [5.41, 5.74) is 0. The van der Waals surface area contributed by atoms with Crippen LogP contribution < -0.4 is 0 Å². The Morgan fingerprint density at radius 1 is 0.800 bits per heavy atom. The second-order valence-electron chi connectivity index (χ2n) is 4.74. The summed E-state index contributed by atoms with van der Waals surface area (Å²) in [5, 5.41) is 0. The Labute approximate surface area is 96.6 Å². The van der Waals surface area contributed by atoms with Crippen LogP contribution in [-0.4, -0.2) is 20.8 Å². The van der Waals surface area contributed by atoms with Crippen molar-refractivity contribution in [2.24, 2.45) is 0 Å². The highest BCUT2D eigenvalue weighted by atomic mass is 28.4. The largest absolute Gasteiger partial charge is 0.392 e. The Balaban J connectivity index is 4.55. The Hall–Kier alpha value is 0.137. The molecule has 0 aromatic rings.